The van der Waals surface area contributed by atoms with Gasteiger partial charge in [-0.1, -0.05) is 12.1 Å². The number of ether oxygens (including phenoxy) is 1. The van der Waals surface area contributed by atoms with Crippen LogP contribution in [0.15, 0.2) is 53.4 Å². The van der Waals surface area contributed by atoms with Crippen molar-refractivity contribution in [1.29, 1.82) is 0 Å². The van der Waals surface area contributed by atoms with Crippen molar-refractivity contribution in [3.63, 3.8) is 0 Å². The number of piperidine rings is 1. The van der Waals surface area contributed by atoms with Crippen molar-refractivity contribution < 1.29 is 26.0 Å². The first-order valence-electron chi connectivity index (χ1n) is 8.82. The molecule has 0 bridgehead atoms. The van der Waals surface area contributed by atoms with Crippen molar-refractivity contribution in [2.45, 2.75) is 28.7 Å². The highest BCUT2D eigenvalue weighted by molar-refractivity contribution is 7.92. The van der Waals surface area contributed by atoms with Crippen LogP contribution in [-0.2, 0) is 25.6 Å². The lowest BCUT2D eigenvalue weighted by Gasteiger charge is -2.31. The fraction of sp³-hybridized carbons (Fsp3) is 0.368. The fourth-order valence-electron chi connectivity index (χ4n) is 3.26. The van der Waals surface area contributed by atoms with Gasteiger partial charge in [-0.05, 0) is 54.8 Å². The van der Waals surface area contributed by atoms with Crippen LogP contribution in [0.25, 0.3) is 0 Å². The van der Waals surface area contributed by atoms with Gasteiger partial charge in [-0.3, -0.25) is 0 Å². The van der Waals surface area contributed by atoms with Crippen LogP contribution in [0, 0.1) is 5.82 Å². The molecule has 1 aliphatic rings. The van der Waals surface area contributed by atoms with Gasteiger partial charge in [0.1, 0.15) is 11.6 Å². The van der Waals surface area contributed by atoms with Crippen molar-refractivity contribution in [1.82, 2.24) is 4.31 Å². The van der Waals surface area contributed by atoms with Crippen molar-refractivity contribution >= 4 is 19.9 Å². The van der Waals surface area contributed by atoms with E-state index in [4.69, 9.17) is 4.74 Å². The molecule has 28 heavy (non-hydrogen) atoms. The fourth-order valence-corrected chi connectivity index (χ4v) is 6.56. The molecule has 0 aliphatic carbocycles. The summed E-state index contributed by atoms with van der Waals surface area (Å²) >= 11 is 0. The predicted octanol–water partition coefficient (Wildman–Crippen LogP) is 2.60. The van der Waals surface area contributed by atoms with Gasteiger partial charge in [0.15, 0.2) is 9.84 Å². The highest BCUT2D eigenvalue weighted by Gasteiger charge is 2.35. The molecule has 0 aromatic heterocycles. The molecule has 3 rings (SSSR count). The van der Waals surface area contributed by atoms with E-state index in [1.165, 1.54) is 47.8 Å². The van der Waals surface area contributed by atoms with E-state index in [2.05, 4.69) is 0 Å². The molecule has 2 aromatic rings. The molecular weight excluding hydrogens is 405 g/mol. The van der Waals surface area contributed by atoms with Gasteiger partial charge < -0.3 is 4.74 Å². The first-order valence-corrected chi connectivity index (χ1v) is 12.0. The first-order chi connectivity index (χ1) is 13.2. The number of halogens is 1. The van der Waals surface area contributed by atoms with E-state index in [0.29, 0.717) is 11.3 Å². The molecule has 1 heterocycles. The lowest BCUT2D eigenvalue weighted by Crippen LogP contribution is -2.42. The zero-order valence-corrected chi connectivity index (χ0v) is 17.0. The third-order valence-electron chi connectivity index (χ3n) is 4.88. The topological polar surface area (TPSA) is 80.8 Å². The zero-order chi connectivity index (χ0) is 20.4. The second kappa shape index (κ2) is 8.18. The van der Waals surface area contributed by atoms with Gasteiger partial charge in [-0.2, -0.15) is 0 Å². The number of hydrogen-bond donors (Lipinski definition) is 0. The maximum atomic E-state index is 13.0. The molecule has 1 fully saturated rings. The van der Waals surface area contributed by atoms with Crippen LogP contribution < -0.4 is 4.74 Å². The molecule has 0 amide bonds. The SMILES string of the molecule is COc1ccc(S(=O)(=O)C2CCN(S(=O)(=O)Cc3ccc(F)cc3)CC2)cc1. The lowest BCUT2D eigenvalue weighted by atomic mass is 10.2. The van der Waals surface area contributed by atoms with E-state index < -0.39 is 30.9 Å². The monoisotopic (exact) mass is 427 g/mol. The summed E-state index contributed by atoms with van der Waals surface area (Å²) in [5.74, 6) is -0.0882. The Balaban J connectivity index is 1.66. The van der Waals surface area contributed by atoms with E-state index in [0.717, 1.165) is 0 Å². The molecular formula is C19H22FNO5S2. The summed E-state index contributed by atoms with van der Waals surface area (Å²) in [4.78, 5) is 0.209. The normalized spacial score (nSPS) is 16.8. The molecule has 0 atom stereocenters. The third-order valence-corrected chi connectivity index (χ3v) is 9.01. The Morgan fingerprint density at radius 1 is 0.964 bits per heavy atom. The average Bonchev–Trinajstić information content (AvgIpc) is 2.70. The molecule has 2 aromatic carbocycles. The largest absolute Gasteiger partial charge is 0.497 e. The molecule has 0 N–H and O–H groups in total. The van der Waals surface area contributed by atoms with Gasteiger partial charge in [0.2, 0.25) is 10.0 Å². The molecule has 1 saturated heterocycles. The summed E-state index contributed by atoms with van der Waals surface area (Å²) in [6, 6.07) is 11.5. The van der Waals surface area contributed by atoms with Crippen LogP contribution in [-0.4, -0.2) is 46.6 Å². The van der Waals surface area contributed by atoms with Crippen molar-refractivity contribution in [2.24, 2.45) is 0 Å². The number of rotatable bonds is 6. The minimum Gasteiger partial charge on any atom is -0.497 e. The summed E-state index contributed by atoms with van der Waals surface area (Å²) in [6.07, 6.45) is 0.466. The van der Waals surface area contributed by atoms with Crippen molar-refractivity contribution in [3.8, 4) is 5.75 Å². The van der Waals surface area contributed by atoms with Gasteiger partial charge in [-0.25, -0.2) is 25.5 Å². The first kappa shape index (κ1) is 20.8. The number of sulfonamides is 1. The number of methoxy groups -OCH3 is 1. The molecule has 0 spiro atoms. The summed E-state index contributed by atoms with van der Waals surface area (Å²) in [5, 5.41) is -0.627. The second-order valence-corrected chi connectivity index (χ2v) is 10.9. The quantitative estimate of drug-likeness (QED) is 0.708. The van der Waals surface area contributed by atoms with Gasteiger partial charge in [0, 0.05) is 13.1 Å². The Hall–Kier alpha value is -1.97. The summed E-state index contributed by atoms with van der Waals surface area (Å²) < 4.78 is 70.2. The lowest BCUT2D eigenvalue weighted by molar-refractivity contribution is 0.345. The van der Waals surface area contributed by atoms with Gasteiger partial charge in [0.25, 0.3) is 0 Å². The molecule has 0 radical (unpaired) electrons. The third kappa shape index (κ3) is 4.53. The summed E-state index contributed by atoms with van der Waals surface area (Å²) in [7, 11) is -5.63. The number of benzene rings is 2. The van der Waals surface area contributed by atoms with E-state index in [1.807, 2.05) is 0 Å². The average molecular weight is 428 g/mol. The summed E-state index contributed by atoms with van der Waals surface area (Å²) in [5.41, 5.74) is 0.495. The van der Waals surface area contributed by atoms with E-state index in [-0.39, 0.29) is 36.6 Å². The molecule has 9 heteroatoms. The molecule has 0 unspecified atom stereocenters. The van der Waals surface area contributed by atoms with Crippen LogP contribution in [0.4, 0.5) is 4.39 Å². The van der Waals surface area contributed by atoms with Gasteiger partial charge in [-0.15, -0.1) is 0 Å². The highest BCUT2D eigenvalue weighted by atomic mass is 32.2. The molecule has 152 valence electrons. The Labute approximate surface area is 164 Å². The van der Waals surface area contributed by atoms with E-state index in [9.17, 15) is 21.2 Å². The molecule has 6 nitrogen and oxygen atoms in total. The smallest absolute Gasteiger partial charge is 0.218 e. The highest BCUT2D eigenvalue weighted by Crippen LogP contribution is 2.27. The second-order valence-electron chi connectivity index (χ2n) is 6.70. The molecule has 1 aliphatic heterocycles. The van der Waals surface area contributed by atoms with E-state index in [1.54, 1.807) is 12.1 Å². The van der Waals surface area contributed by atoms with Crippen LogP contribution >= 0.6 is 0 Å². The maximum absolute atomic E-state index is 13.0. The Morgan fingerprint density at radius 2 is 1.54 bits per heavy atom. The zero-order valence-electron chi connectivity index (χ0n) is 15.4. The summed E-state index contributed by atoms with van der Waals surface area (Å²) in [6.45, 7) is 0.285. The predicted molar refractivity (Wildman–Crippen MR) is 104 cm³/mol. The Morgan fingerprint density at radius 3 is 2.07 bits per heavy atom. The van der Waals surface area contributed by atoms with Crippen LogP contribution in [0.5, 0.6) is 5.75 Å². The van der Waals surface area contributed by atoms with Crippen molar-refractivity contribution in [2.75, 3.05) is 20.2 Å². The number of nitrogens with zero attached hydrogens (tertiary/aromatic N) is 1. The minimum absolute atomic E-state index is 0.142. The van der Waals surface area contributed by atoms with Gasteiger partial charge in [0.05, 0.1) is 23.0 Å². The minimum atomic E-state index is -3.59. The Kier molecular flexibility index (Phi) is 6.07. The van der Waals surface area contributed by atoms with Gasteiger partial charge >= 0.3 is 0 Å². The molecule has 0 saturated carbocycles. The van der Waals surface area contributed by atoms with Crippen LogP contribution in [0.3, 0.4) is 0 Å². The van der Waals surface area contributed by atoms with Crippen LogP contribution in [0.1, 0.15) is 18.4 Å². The van der Waals surface area contributed by atoms with Crippen LogP contribution in [0.2, 0.25) is 0 Å². The maximum Gasteiger partial charge on any atom is 0.218 e. The standard InChI is InChI=1S/C19H22FNO5S2/c1-26-17-6-8-18(9-7-17)28(24,25)19-10-12-21(13-11-19)27(22,23)14-15-2-4-16(20)5-3-15/h2-9,19H,10-14H2,1H3. The van der Waals surface area contributed by atoms with Crippen molar-refractivity contribution in [3.05, 3.63) is 59.9 Å². The van der Waals surface area contributed by atoms with E-state index >= 15 is 0 Å². The number of hydrogen-bond acceptors (Lipinski definition) is 5. The Bertz CT molecular complexity index is 1010. The number of sulfone groups is 1.